The number of rotatable bonds is 11. The number of amides is 2. The molecule has 0 heterocycles. The van der Waals surface area contributed by atoms with E-state index >= 15 is 0 Å². The first kappa shape index (κ1) is 27.0. The molecule has 0 saturated carbocycles. The molecular weight excluding hydrogens is 492 g/mol. The van der Waals surface area contributed by atoms with Gasteiger partial charge in [-0.05, 0) is 60.0 Å². The maximum Gasteiger partial charge on any atom is 0.408 e. The van der Waals surface area contributed by atoms with Gasteiger partial charge in [0.1, 0.15) is 12.1 Å². The summed E-state index contributed by atoms with van der Waals surface area (Å²) in [6.07, 6.45) is 3.56. The van der Waals surface area contributed by atoms with Gasteiger partial charge >= 0.3 is 6.09 Å². The van der Waals surface area contributed by atoms with Crippen LogP contribution in [0.3, 0.4) is 0 Å². The van der Waals surface area contributed by atoms with E-state index in [1.807, 2.05) is 48.6 Å². The molecule has 2 rings (SSSR count). The van der Waals surface area contributed by atoms with Crippen molar-refractivity contribution in [1.29, 1.82) is 0 Å². The molecule has 1 aromatic carbocycles. The fourth-order valence-electron chi connectivity index (χ4n) is 3.18. The number of carbonyl (C=O) groups excluding carboxylic acids is 2. The van der Waals surface area contributed by atoms with Gasteiger partial charge in [0.15, 0.2) is 4.51 Å². The summed E-state index contributed by atoms with van der Waals surface area (Å²) in [7, 11) is 3.16. The Bertz CT molecular complexity index is 845. The van der Waals surface area contributed by atoms with Crippen LogP contribution >= 0.6 is 15.9 Å². The molecule has 2 amide bonds. The van der Waals surface area contributed by atoms with Crippen molar-refractivity contribution in [1.82, 2.24) is 10.6 Å². The Hall–Kier alpha value is -2.20. The standard InChI is InChI=1S/C24H33BrN2O6/c1-16(2)33-23(29)27-21(17(3)32-15-18-9-7-6-8-10-18)22(28)26-14-19-11-12-24(25,31-5)20(13-19)30-4/h6-13,16-17,20-21H,14-15H2,1-5H3,(H,26,28)(H,27,29)/t17-,20?,21+,24?/m1/s1. The summed E-state index contributed by atoms with van der Waals surface area (Å²) < 4.78 is 21.2. The molecule has 1 aromatic rings. The number of alkyl carbamates (subject to hydrolysis) is 1. The van der Waals surface area contributed by atoms with E-state index in [-0.39, 0.29) is 24.7 Å². The van der Waals surface area contributed by atoms with Crippen molar-refractivity contribution >= 4 is 27.9 Å². The first-order valence-corrected chi connectivity index (χ1v) is 11.5. The summed E-state index contributed by atoms with van der Waals surface area (Å²) in [5, 5.41) is 5.49. The Morgan fingerprint density at radius 2 is 1.85 bits per heavy atom. The van der Waals surface area contributed by atoms with Crippen molar-refractivity contribution in [2.45, 2.75) is 56.2 Å². The minimum atomic E-state index is -0.944. The van der Waals surface area contributed by atoms with E-state index in [0.717, 1.165) is 11.1 Å². The second kappa shape index (κ2) is 12.9. The van der Waals surface area contributed by atoms with Crippen LogP contribution in [0.5, 0.6) is 0 Å². The number of nitrogens with one attached hydrogen (secondary N) is 2. The number of benzene rings is 1. The third kappa shape index (κ3) is 8.26. The van der Waals surface area contributed by atoms with E-state index in [0.29, 0.717) is 6.61 Å². The predicted molar refractivity (Wildman–Crippen MR) is 129 cm³/mol. The maximum atomic E-state index is 13.0. The van der Waals surface area contributed by atoms with Gasteiger partial charge in [-0.15, -0.1) is 0 Å². The van der Waals surface area contributed by atoms with Crippen molar-refractivity contribution in [3.05, 3.63) is 59.7 Å². The molecule has 0 aromatic heterocycles. The average molecular weight is 525 g/mol. The van der Waals surface area contributed by atoms with Crippen LogP contribution in [-0.2, 0) is 30.3 Å². The van der Waals surface area contributed by atoms with Crippen LogP contribution in [0, 0.1) is 0 Å². The predicted octanol–water partition coefficient (Wildman–Crippen LogP) is 3.46. The molecule has 1 aliphatic rings. The Balaban J connectivity index is 2.04. The lowest BCUT2D eigenvalue weighted by Gasteiger charge is -2.32. The van der Waals surface area contributed by atoms with Gasteiger partial charge in [0.2, 0.25) is 5.91 Å². The molecule has 0 aliphatic heterocycles. The quantitative estimate of drug-likeness (QED) is 0.430. The van der Waals surface area contributed by atoms with Crippen LogP contribution in [0.15, 0.2) is 54.1 Å². The van der Waals surface area contributed by atoms with Gasteiger partial charge in [-0.3, -0.25) is 4.79 Å². The third-order valence-electron chi connectivity index (χ3n) is 5.04. The van der Waals surface area contributed by atoms with Crippen LogP contribution in [0.1, 0.15) is 26.3 Å². The highest BCUT2D eigenvalue weighted by atomic mass is 79.9. The van der Waals surface area contributed by atoms with E-state index < -0.39 is 22.7 Å². The lowest BCUT2D eigenvalue weighted by molar-refractivity contribution is -0.126. The Kier molecular flexibility index (Phi) is 10.6. The van der Waals surface area contributed by atoms with Crippen molar-refractivity contribution < 1.29 is 28.5 Å². The van der Waals surface area contributed by atoms with Crippen molar-refractivity contribution in [3.8, 4) is 0 Å². The van der Waals surface area contributed by atoms with E-state index in [9.17, 15) is 9.59 Å². The number of hydrogen-bond donors (Lipinski definition) is 2. The lowest BCUT2D eigenvalue weighted by atomic mass is 10.0. The average Bonchev–Trinajstić information content (AvgIpc) is 2.80. The first-order valence-electron chi connectivity index (χ1n) is 10.8. The summed E-state index contributed by atoms with van der Waals surface area (Å²) in [5.74, 6) is -0.387. The Morgan fingerprint density at radius 3 is 2.45 bits per heavy atom. The van der Waals surface area contributed by atoms with Gasteiger partial charge in [0.05, 0.1) is 18.8 Å². The van der Waals surface area contributed by atoms with Crippen molar-refractivity contribution in [2.24, 2.45) is 0 Å². The fraction of sp³-hybridized carbons (Fsp3) is 0.500. The number of hydrogen-bond acceptors (Lipinski definition) is 6. The molecule has 0 radical (unpaired) electrons. The highest BCUT2D eigenvalue weighted by Crippen LogP contribution is 2.32. The van der Waals surface area contributed by atoms with Crippen LogP contribution in [-0.4, -0.2) is 61.6 Å². The number of methoxy groups -OCH3 is 2. The summed E-state index contributed by atoms with van der Waals surface area (Å²) in [5.41, 5.74) is 1.80. The summed E-state index contributed by atoms with van der Waals surface area (Å²) in [6.45, 7) is 5.76. The minimum Gasteiger partial charge on any atom is -0.447 e. The molecule has 0 spiro atoms. The zero-order chi connectivity index (χ0) is 24.4. The molecule has 182 valence electrons. The molecule has 8 nitrogen and oxygen atoms in total. The number of halogens is 1. The van der Waals surface area contributed by atoms with E-state index in [2.05, 4.69) is 26.6 Å². The zero-order valence-electron chi connectivity index (χ0n) is 19.7. The van der Waals surface area contributed by atoms with Crippen molar-refractivity contribution in [3.63, 3.8) is 0 Å². The number of alkyl halides is 1. The molecule has 0 fully saturated rings. The van der Waals surface area contributed by atoms with Gasteiger partial charge in [0, 0.05) is 20.8 Å². The van der Waals surface area contributed by atoms with Gasteiger partial charge in [-0.1, -0.05) is 36.4 Å². The number of ether oxygens (including phenoxy) is 4. The van der Waals surface area contributed by atoms with E-state index in [4.69, 9.17) is 18.9 Å². The van der Waals surface area contributed by atoms with Gasteiger partial charge in [-0.2, -0.15) is 0 Å². The fourth-order valence-corrected chi connectivity index (χ4v) is 3.63. The zero-order valence-corrected chi connectivity index (χ0v) is 21.3. The molecule has 0 saturated heterocycles. The second-order valence-electron chi connectivity index (χ2n) is 7.93. The minimum absolute atomic E-state index is 0.241. The summed E-state index contributed by atoms with van der Waals surface area (Å²) in [4.78, 5) is 25.2. The first-order chi connectivity index (χ1) is 15.7. The summed E-state index contributed by atoms with van der Waals surface area (Å²) >= 11 is 3.51. The van der Waals surface area contributed by atoms with Crippen LogP contribution in [0.25, 0.3) is 0 Å². The van der Waals surface area contributed by atoms with Crippen LogP contribution in [0.2, 0.25) is 0 Å². The van der Waals surface area contributed by atoms with E-state index in [1.165, 1.54) is 0 Å². The van der Waals surface area contributed by atoms with Gasteiger partial charge in [0.25, 0.3) is 0 Å². The lowest BCUT2D eigenvalue weighted by Crippen LogP contribution is -2.53. The second-order valence-corrected chi connectivity index (χ2v) is 9.17. The topological polar surface area (TPSA) is 95.1 Å². The van der Waals surface area contributed by atoms with E-state index in [1.54, 1.807) is 35.0 Å². The molecule has 4 atom stereocenters. The molecule has 9 heteroatoms. The van der Waals surface area contributed by atoms with Crippen molar-refractivity contribution in [2.75, 3.05) is 20.8 Å². The van der Waals surface area contributed by atoms with Crippen LogP contribution in [0.4, 0.5) is 4.79 Å². The van der Waals surface area contributed by atoms with Gasteiger partial charge in [-0.25, -0.2) is 4.79 Å². The molecular formula is C24H33BrN2O6. The highest BCUT2D eigenvalue weighted by molar-refractivity contribution is 9.10. The van der Waals surface area contributed by atoms with Gasteiger partial charge < -0.3 is 29.6 Å². The molecule has 2 N–H and O–H groups in total. The maximum absolute atomic E-state index is 13.0. The van der Waals surface area contributed by atoms with Crippen LogP contribution < -0.4 is 10.6 Å². The number of carbonyl (C=O) groups is 2. The Labute approximate surface area is 203 Å². The molecule has 0 bridgehead atoms. The molecule has 33 heavy (non-hydrogen) atoms. The highest BCUT2D eigenvalue weighted by Gasteiger charge is 2.35. The SMILES string of the molecule is COC1C=C(CNC(=O)[C@@H](NC(=O)OC(C)C)[C@@H](C)OCc2ccccc2)C=CC1(Br)OC. The third-order valence-corrected chi connectivity index (χ3v) is 6.07. The molecule has 1 aliphatic carbocycles. The normalized spacial score (nSPS) is 21.8. The largest absolute Gasteiger partial charge is 0.447 e. The Morgan fingerprint density at radius 1 is 1.15 bits per heavy atom. The smallest absolute Gasteiger partial charge is 0.408 e. The summed E-state index contributed by atoms with van der Waals surface area (Å²) in [6, 6.07) is 8.66. The molecule has 2 unspecified atom stereocenters. The monoisotopic (exact) mass is 524 g/mol.